The first-order valence-corrected chi connectivity index (χ1v) is 7.36. The Kier molecular flexibility index (Phi) is 8.19. The molecule has 1 fully saturated rings. The van der Waals surface area contributed by atoms with Gasteiger partial charge in [-0.25, -0.2) is 0 Å². The molecular formula is C13H27ClN2O. The van der Waals surface area contributed by atoms with Crippen LogP contribution < -0.4 is 5.32 Å². The van der Waals surface area contributed by atoms with E-state index in [9.17, 15) is 0 Å². The van der Waals surface area contributed by atoms with Crippen LogP contribution in [0.15, 0.2) is 0 Å². The van der Waals surface area contributed by atoms with Crippen molar-refractivity contribution in [2.24, 2.45) is 5.92 Å². The van der Waals surface area contributed by atoms with Crippen molar-refractivity contribution < 1.29 is 4.74 Å². The van der Waals surface area contributed by atoms with Crippen LogP contribution >= 0.6 is 11.6 Å². The number of nitrogens with zero attached hydrogens (tertiary/aromatic N) is 1. The third-order valence-electron chi connectivity index (χ3n) is 3.36. The summed E-state index contributed by atoms with van der Waals surface area (Å²) in [5, 5.41) is 3.54. The van der Waals surface area contributed by atoms with Gasteiger partial charge in [0.25, 0.3) is 0 Å². The molecule has 0 aliphatic carbocycles. The first kappa shape index (κ1) is 15.2. The third-order valence-corrected chi connectivity index (χ3v) is 3.58. The van der Waals surface area contributed by atoms with E-state index in [1.165, 1.54) is 12.8 Å². The fourth-order valence-corrected chi connectivity index (χ4v) is 2.66. The van der Waals surface area contributed by atoms with Crippen LogP contribution in [-0.4, -0.2) is 56.7 Å². The van der Waals surface area contributed by atoms with E-state index in [4.69, 9.17) is 16.3 Å². The second-order valence-corrected chi connectivity index (χ2v) is 5.42. The highest BCUT2D eigenvalue weighted by Crippen LogP contribution is 2.11. The molecule has 0 bridgehead atoms. The predicted octanol–water partition coefficient (Wildman–Crippen LogP) is 1.95. The molecule has 1 N–H and O–H groups in total. The van der Waals surface area contributed by atoms with E-state index >= 15 is 0 Å². The van der Waals surface area contributed by atoms with Crippen molar-refractivity contribution in [1.29, 1.82) is 0 Å². The highest BCUT2D eigenvalue weighted by atomic mass is 35.5. The topological polar surface area (TPSA) is 24.5 Å². The Balaban J connectivity index is 2.11. The average Bonchev–Trinajstić information content (AvgIpc) is 2.30. The van der Waals surface area contributed by atoms with Gasteiger partial charge in [0, 0.05) is 25.5 Å². The quantitative estimate of drug-likeness (QED) is 0.677. The van der Waals surface area contributed by atoms with Gasteiger partial charge in [0.1, 0.15) is 0 Å². The number of morpholine rings is 1. The molecule has 4 heteroatoms. The summed E-state index contributed by atoms with van der Waals surface area (Å²) in [4.78, 5) is 2.33. The zero-order chi connectivity index (χ0) is 12.5. The van der Waals surface area contributed by atoms with Gasteiger partial charge in [0.2, 0.25) is 0 Å². The lowest BCUT2D eigenvalue weighted by Gasteiger charge is -2.30. The minimum absolute atomic E-state index is 0.354. The van der Waals surface area contributed by atoms with Crippen LogP contribution in [0.1, 0.15) is 26.2 Å². The van der Waals surface area contributed by atoms with Crippen LogP contribution in [-0.2, 0) is 4.74 Å². The van der Waals surface area contributed by atoms with Gasteiger partial charge in [-0.2, -0.15) is 0 Å². The molecule has 3 nitrogen and oxygen atoms in total. The van der Waals surface area contributed by atoms with Crippen LogP contribution in [0.2, 0.25) is 0 Å². The van der Waals surface area contributed by atoms with E-state index < -0.39 is 0 Å². The van der Waals surface area contributed by atoms with Gasteiger partial charge in [-0.15, -0.1) is 11.6 Å². The maximum Gasteiger partial charge on any atom is 0.0826 e. The molecule has 0 amide bonds. The van der Waals surface area contributed by atoms with Crippen LogP contribution in [0.4, 0.5) is 0 Å². The number of rotatable bonds is 8. The number of nitrogens with one attached hydrogen (secondary N) is 1. The summed E-state index contributed by atoms with van der Waals surface area (Å²) >= 11 is 5.82. The highest BCUT2D eigenvalue weighted by Gasteiger charge is 2.17. The SMILES string of the molecule is CCCC(CCCl)CNCC1CN(C)CCO1. The van der Waals surface area contributed by atoms with Gasteiger partial charge in [-0.05, 0) is 32.4 Å². The average molecular weight is 263 g/mol. The molecular weight excluding hydrogens is 236 g/mol. The van der Waals surface area contributed by atoms with Gasteiger partial charge in [-0.1, -0.05) is 13.3 Å². The van der Waals surface area contributed by atoms with Crippen LogP contribution in [0.5, 0.6) is 0 Å². The lowest BCUT2D eigenvalue weighted by atomic mass is 10.0. The molecule has 2 unspecified atom stereocenters. The smallest absolute Gasteiger partial charge is 0.0826 e. The summed E-state index contributed by atoms with van der Waals surface area (Å²) in [7, 11) is 2.16. The molecule has 1 aliphatic rings. The number of alkyl halides is 1. The standard InChI is InChI=1S/C13H27ClN2O/c1-3-4-12(5-6-14)9-15-10-13-11-16(2)7-8-17-13/h12-13,15H,3-11H2,1-2H3. The van der Waals surface area contributed by atoms with Gasteiger partial charge < -0.3 is 15.0 Å². The van der Waals surface area contributed by atoms with Crippen LogP contribution in [0, 0.1) is 5.92 Å². The third kappa shape index (κ3) is 6.61. The van der Waals surface area contributed by atoms with Crippen LogP contribution in [0.25, 0.3) is 0 Å². The molecule has 1 rings (SSSR count). The van der Waals surface area contributed by atoms with E-state index in [0.29, 0.717) is 6.10 Å². The molecule has 0 aromatic heterocycles. The van der Waals surface area contributed by atoms with E-state index in [1.807, 2.05) is 0 Å². The summed E-state index contributed by atoms with van der Waals surface area (Å²) in [6.45, 7) is 7.24. The van der Waals surface area contributed by atoms with Gasteiger partial charge in [0.05, 0.1) is 12.7 Å². The van der Waals surface area contributed by atoms with Crippen molar-refractivity contribution >= 4 is 11.6 Å². The van der Waals surface area contributed by atoms with E-state index in [1.54, 1.807) is 0 Å². The Labute approximate surface area is 111 Å². The summed E-state index contributed by atoms with van der Waals surface area (Å²) in [6, 6.07) is 0. The zero-order valence-corrected chi connectivity index (χ0v) is 12.0. The Morgan fingerprint density at radius 3 is 2.94 bits per heavy atom. The molecule has 0 aromatic carbocycles. The summed E-state index contributed by atoms with van der Waals surface area (Å²) in [5.41, 5.74) is 0. The van der Waals surface area contributed by atoms with Crippen molar-refractivity contribution in [2.75, 3.05) is 45.7 Å². The van der Waals surface area contributed by atoms with Crippen LogP contribution in [0.3, 0.4) is 0 Å². The first-order chi connectivity index (χ1) is 8.26. The van der Waals surface area contributed by atoms with E-state index in [0.717, 1.165) is 51.0 Å². The maximum absolute atomic E-state index is 5.82. The minimum Gasteiger partial charge on any atom is -0.374 e. The van der Waals surface area contributed by atoms with Crippen molar-refractivity contribution in [1.82, 2.24) is 10.2 Å². The van der Waals surface area contributed by atoms with Crippen molar-refractivity contribution in [3.63, 3.8) is 0 Å². The summed E-state index contributed by atoms with van der Waals surface area (Å²) in [5.74, 6) is 1.49. The largest absolute Gasteiger partial charge is 0.374 e. The molecule has 0 saturated carbocycles. The molecule has 0 radical (unpaired) electrons. The van der Waals surface area contributed by atoms with Gasteiger partial charge in [-0.3, -0.25) is 0 Å². The van der Waals surface area contributed by atoms with E-state index in [2.05, 4.69) is 24.2 Å². The second-order valence-electron chi connectivity index (χ2n) is 5.05. The predicted molar refractivity (Wildman–Crippen MR) is 73.8 cm³/mol. The monoisotopic (exact) mass is 262 g/mol. The zero-order valence-electron chi connectivity index (χ0n) is 11.3. The molecule has 102 valence electrons. The molecule has 1 heterocycles. The van der Waals surface area contributed by atoms with Crippen molar-refractivity contribution in [2.45, 2.75) is 32.3 Å². The highest BCUT2D eigenvalue weighted by molar-refractivity contribution is 6.17. The van der Waals surface area contributed by atoms with Crippen molar-refractivity contribution in [3.8, 4) is 0 Å². The Morgan fingerprint density at radius 1 is 1.47 bits per heavy atom. The first-order valence-electron chi connectivity index (χ1n) is 6.83. The molecule has 0 aromatic rings. The number of hydrogen-bond donors (Lipinski definition) is 1. The number of halogens is 1. The molecule has 1 aliphatic heterocycles. The Morgan fingerprint density at radius 2 is 2.29 bits per heavy atom. The number of likely N-dealkylation sites (N-methyl/N-ethyl adjacent to an activating group) is 1. The summed E-state index contributed by atoms with van der Waals surface area (Å²) < 4.78 is 5.72. The Hall–Kier alpha value is 0.170. The van der Waals surface area contributed by atoms with E-state index in [-0.39, 0.29) is 0 Å². The molecule has 2 atom stereocenters. The molecule has 0 spiro atoms. The number of ether oxygens (including phenoxy) is 1. The lowest BCUT2D eigenvalue weighted by Crippen LogP contribution is -2.45. The minimum atomic E-state index is 0.354. The summed E-state index contributed by atoms with van der Waals surface area (Å²) in [6.07, 6.45) is 3.98. The maximum atomic E-state index is 5.82. The normalized spacial score (nSPS) is 23.8. The molecule has 1 saturated heterocycles. The Bertz CT molecular complexity index is 182. The number of hydrogen-bond acceptors (Lipinski definition) is 3. The molecule has 17 heavy (non-hydrogen) atoms. The van der Waals surface area contributed by atoms with Gasteiger partial charge in [0.15, 0.2) is 0 Å². The lowest BCUT2D eigenvalue weighted by molar-refractivity contribution is -0.0184. The van der Waals surface area contributed by atoms with Crippen molar-refractivity contribution in [3.05, 3.63) is 0 Å². The fraction of sp³-hybridized carbons (Fsp3) is 1.00. The second kappa shape index (κ2) is 9.15. The van der Waals surface area contributed by atoms with Gasteiger partial charge >= 0.3 is 0 Å². The fourth-order valence-electron chi connectivity index (χ4n) is 2.35.